The summed E-state index contributed by atoms with van der Waals surface area (Å²) in [6.07, 6.45) is 10.9. The maximum atomic E-state index is 12.0. The first-order valence-electron chi connectivity index (χ1n) is 7.12. The summed E-state index contributed by atoms with van der Waals surface area (Å²) < 4.78 is 0. The number of carbonyl (C=O) groups excluding carboxylic acids is 1. The number of nitrogens with zero attached hydrogens (tertiary/aromatic N) is 2. The van der Waals surface area contributed by atoms with Gasteiger partial charge in [0.05, 0.1) is 17.6 Å². The molecule has 2 N–H and O–H groups in total. The Morgan fingerprint density at radius 3 is 2.63 bits per heavy atom. The molecule has 0 radical (unpaired) electrons. The summed E-state index contributed by atoms with van der Waals surface area (Å²) in [5.41, 5.74) is 7.10. The number of pyridine rings is 1. The molecule has 4 heteroatoms. The van der Waals surface area contributed by atoms with E-state index >= 15 is 0 Å². The highest BCUT2D eigenvalue weighted by atomic mass is 16.2. The quantitative estimate of drug-likeness (QED) is 0.731. The number of carbonyl (C=O) groups is 1. The minimum Gasteiger partial charge on any atom is -0.396 e. The van der Waals surface area contributed by atoms with Crippen molar-refractivity contribution in [2.75, 3.05) is 17.7 Å². The van der Waals surface area contributed by atoms with E-state index in [9.17, 15) is 4.79 Å². The molecular formula is C15H25N3O. The minimum atomic E-state index is 0.119. The van der Waals surface area contributed by atoms with Gasteiger partial charge in [-0.05, 0) is 12.5 Å². The van der Waals surface area contributed by atoms with E-state index in [2.05, 4.69) is 11.9 Å². The number of nitrogens with two attached hydrogens (primary N) is 1. The molecule has 1 rings (SSSR count). The molecule has 106 valence electrons. The zero-order valence-electron chi connectivity index (χ0n) is 12.1. The highest BCUT2D eigenvalue weighted by Crippen LogP contribution is 2.21. The summed E-state index contributed by atoms with van der Waals surface area (Å²) in [5.74, 6) is 0.119. The van der Waals surface area contributed by atoms with Crippen LogP contribution in [0.2, 0.25) is 0 Å². The van der Waals surface area contributed by atoms with Crippen molar-refractivity contribution < 1.29 is 4.79 Å². The predicted octanol–water partition coefficient (Wildman–Crippen LogP) is 3.38. The highest BCUT2D eigenvalue weighted by molar-refractivity contribution is 5.95. The average Bonchev–Trinajstić information content (AvgIpc) is 2.42. The van der Waals surface area contributed by atoms with Crippen molar-refractivity contribution >= 4 is 17.3 Å². The van der Waals surface area contributed by atoms with Crippen LogP contribution in [0.1, 0.15) is 51.9 Å². The van der Waals surface area contributed by atoms with E-state index in [1.54, 1.807) is 30.4 Å². The monoisotopic (exact) mass is 263 g/mol. The van der Waals surface area contributed by atoms with Gasteiger partial charge in [-0.25, -0.2) is 0 Å². The van der Waals surface area contributed by atoms with Crippen LogP contribution >= 0.6 is 0 Å². The second-order valence-corrected chi connectivity index (χ2v) is 4.91. The van der Waals surface area contributed by atoms with Crippen molar-refractivity contribution in [1.29, 1.82) is 0 Å². The second-order valence-electron chi connectivity index (χ2n) is 4.91. The normalized spacial score (nSPS) is 10.4. The van der Waals surface area contributed by atoms with Gasteiger partial charge in [0.15, 0.2) is 0 Å². The van der Waals surface area contributed by atoms with E-state index in [1.807, 2.05) is 0 Å². The molecule has 0 bridgehead atoms. The van der Waals surface area contributed by atoms with E-state index in [0.717, 1.165) is 18.5 Å². The number of hydrogen-bond acceptors (Lipinski definition) is 3. The Kier molecular flexibility index (Phi) is 6.93. The van der Waals surface area contributed by atoms with Crippen LogP contribution in [0.15, 0.2) is 18.5 Å². The van der Waals surface area contributed by atoms with Crippen molar-refractivity contribution in [3.05, 3.63) is 18.5 Å². The van der Waals surface area contributed by atoms with Crippen molar-refractivity contribution in [3.8, 4) is 0 Å². The van der Waals surface area contributed by atoms with Gasteiger partial charge in [-0.15, -0.1) is 0 Å². The van der Waals surface area contributed by atoms with E-state index in [4.69, 9.17) is 5.73 Å². The topological polar surface area (TPSA) is 59.2 Å². The predicted molar refractivity (Wildman–Crippen MR) is 80.1 cm³/mol. The fourth-order valence-corrected chi connectivity index (χ4v) is 2.06. The largest absolute Gasteiger partial charge is 0.396 e. The smallest absolute Gasteiger partial charge is 0.226 e. The third-order valence-electron chi connectivity index (χ3n) is 3.31. The van der Waals surface area contributed by atoms with Gasteiger partial charge in [0.25, 0.3) is 0 Å². The van der Waals surface area contributed by atoms with E-state index in [1.165, 1.54) is 25.7 Å². The minimum absolute atomic E-state index is 0.119. The average molecular weight is 263 g/mol. The van der Waals surface area contributed by atoms with Gasteiger partial charge in [0.1, 0.15) is 0 Å². The molecule has 1 heterocycles. The second kappa shape index (κ2) is 8.51. The fourth-order valence-electron chi connectivity index (χ4n) is 2.06. The van der Waals surface area contributed by atoms with E-state index < -0.39 is 0 Å². The molecule has 1 amide bonds. The van der Waals surface area contributed by atoms with Crippen molar-refractivity contribution in [1.82, 2.24) is 4.98 Å². The Morgan fingerprint density at radius 1 is 1.26 bits per heavy atom. The molecule has 0 unspecified atom stereocenters. The van der Waals surface area contributed by atoms with E-state index in [-0.39, 0.29) is 5.91 Å². The van der Waals surface area contributed by atoms with Gasteiger partial charge in [-0.2, -0.15) is 0 Å². The highest BCUT2D eigenvalue weighted by Gasteiger charge is 2.12. The van der Waals surface area contributed by atoms with Crippen LogP contribution in [0.5, 0.6) is 0 Å². The molecule has 4 nitrogen and oxygen atoms in total. The van der Waals surface area contributed by atoms with Gasteiger partial charge < -0.3 is 10.6 Å². The number of anilines is 2. The van der Waals surface area contributed by atoms with Gasteiger partial charge >= 0.3 is 0 Å². The lowest BCUT2D eigenvalue weighted by Crippen LogP contribution is -2.26. The molecule has 0 atom stereocenters. The van der Waals surface area contributed by atoms with Crippen molar-refractivity contribution in [2.24, 2.45) is 0 Å². The van der Waals surface area contributed by atoms with Crippen LogP contribution < -0.4 is 10.6 Å². The summed E-state index contributed by atoms with van der Waals surface area (Å²) >= 11 is 0. The van der Waals surface area contributed by atoms with Crippen LogP contribution in [0.25, 0.3) is 0 Å². The first kappa shape index (κ1) is 15.5. The Labute approximate surface area is 116 Å². The lowest BCUT2D eigenvalue weighted by molar-refractivity contribution is -0.118. The zero-order chi connectivity index (χ0) is 14.1. The summed E-state index contributed by atoms with van der Waals surface area (Å²) in [7, 11) is 1.77. The molecule has 0 aliphatic carbocycles. The lowest BCUT2D eigenvalue weighted by atomic mass is 10.1. The molecule has 0 fully saturated rings. The van der Waals surface area contributed by atoms with Gasteiger partial charge in [0, 0.05) is 19.7 Å². The summed E-state index contributed by atoms with van der Waals surface area (Å²) in [6, 6.07) is 1.77. The molecule has 0 saturated carbocycles. The molecule has 0 saturated heterocycles. The Hall–Kier alpha value is -1.58. The van der Waals surface area contributed by atoms with Crippen LogP contribution in [-0.2, 0) is 4.79 Å². The van der Waals surface area contributed by atoms with Gasteiger partial charge in [-0.1, -0.05) is 39.0 Å². The molecule has 1 aromatic heterocycles. The molecule has 1 aromatic rings. The first-order chi connectivity index (χ1) is 9.16. The SMILES string of the molecule is CCCCCCCCC(=O)N(C)c1ccncc1N. The molecular weight excluding hydrogens is 238 g/mol. The fraction of sp³-hybridized carbons (Fsp3) is 0.600. The number of nitrogen functional groups attached to an aromatic ring is 1. The third kappa shape index (κ3) is 5.28. The number of aromatic nitrogens is 1. The van der Waals surface area contributed by atoms with Crippen LogP contribution in [-0.4, -0.2) is 17.9 Å². The van der Waals surface area contributed by atoms with Crippen LogP contribution in [0.4, 0.5) is 11.4 Å². The van der Waals surface area contributed by atoms with Gasteiger partial charge in [0.2, 0.25) is 5.91 Å². The van der Waals surface area contributed by atoms with Crippen molar-refractivity contribution in [2.45, 2.75) is 51.9 Å². The summed E-state index contributed by atoms with van der Waals surface area (Å²) in [5, 5.41) is 0. The number of hydrogen-bond donors (Lipinski definition) is 1. The van der Waals surface area contributed by atoms with Gasteiger partial charge in [-0.3, -0.25) is 9.78 Å². The molecule has 0 aliphatic heterocycles. The van der Waals surface area contributed by atoms with E-state index in [0.29, 0.717) is 12.1 Å². The maximum Gasteiger partial charge on any atom is 0.226 e. The molecule has 0 aromatic carbocycles. The molecule has 19 heavy (non-hydrogen) atoms. The Balaban J connectivity index is 2.31. The number of unbranched alkanes of at least 4 members (excludes halogenated alkanes) is 5. The Morgan fingerprint density at radius 2 is 1.95 bits per heavy atom. The summed E-state index contributed by atoms with van der Waals surface area (Å²) in [4.78, 5) is 17.6. The standard InChI is InChI=1S/C15H25N3O/c1-3-4-5-6-7-8-9-15(19)18(2)14-10-11-17-12-13(14)16/h10-12H,3-9,16H2,1-2H3. The molecule has 0 aliphatic rings. The Bertz CT molecular complexity index is 393. The zero-order valence-corrected chi connectivity index (χ0v) is 12.1. The molecule has 0 spiro atoms. The number of amides is 1. The van der Waals surface area contributed by atoms with Crippen LogP contribution in [0, 0.1) is 0 Å². The van der Waals surface area contributed by atoms with Crippen LogP contribution in [0.3, 0.4) is 0 Å². The first-order valence-corrected chi connectivity index (χ1v) is 7.12. The maximum absolute atomic E-state index is 12.0. The van der Waals surface area contributed by atoms with Crippen molar-refractivity contribution in [3.63, 3.8) is 0 Å². The third-order valence-corrected chi connectivity index (χ3v) is 3.31. The number of rotatable bonds is 8. The lowest BCUT2D eigenvalue weighted by Gasteiger charge is -2.18. The summed E-state index contributed by atoms with van der Waals surface area (Å²) in [6.45, 7) is 2.21.